The van der Waals surface area contributed by atoms with Crippen LogP contribution in [0.4, 0.5) is 11.4 Å². The maximum Gasteiger partial charge on any atom is 0.295 e. The van der Waals surface area contributed by atoms with Crippen LogP contribution in [0, 0.1) is 17.0 Å². The van der Waals surface area contributed by atoms with Gasteiger partial charge < -0.3 is 5.73 Å². The average Bonchev–Trinajstić information content (AvgIpc) is 2.46. The molecule has 0 saturated carbocycles. The summed E-state index contributed by atoms with van der Waals surface area (Å²) in [5.74, 6) is 0. The number of nitro benzene ring substituents is 1. The van der Waals surface area contributed by atoms with Gasteiger partial charge in [0.25, 0.3) is 15.8 Å². The zero-order chi connectivity index (χ0) is 18.3. The molecule has 0 fully saturated rings. The number of nitrogens with two attached hydrogens (primary N) is 1. The average molecular weight is 372 g/mol. The SMILES string of the molecule is Cc1ccc(S(=O)(=O)c2cc([N+](=O)[O-])ccc2N)c(S(=O)(=O)O)c1. The van der Waals surface area contributed by atoms with Gasteiger partial charge in [0, 0.05) is 12.1 Å². The molecule has 0 aromatic heterocycles. The van der Waals surface area contributed by atoms with E-state index < -0.39 is 45.3 Å². The summed E-state index contributed by atoms with van der Waals surface area (Å²) in [6.45, 7) is 1.51. The summed E-state index contributed by atoms with van der Waals surface area (Å²) in [6.07, 6.45) is 0. The molecule has 0 saturated heterocycles. The van der Waals surface area contributed by atoms with Crippen LogP contribution in [0.25, 0.3) is 0 Å². The van der Waals surface area contributed by atoms with Crippen molar-refractivity contribution in [2.75, 3.05) is 5.73 Å². The molecule has 0 bridgehead atoms. The first kappa shape index (κ1) is 17.8. The number of sulfone groups is 1. The van der Waals surface area contributed by atoms with Gasteiger partial charge in [0.05, 0.1) is 15.5 Å². The molecular formula is C13H12N2O7S2. The van der Waals surface area contributed by atoms with E-state index >= 15 is 0 Å². The summed E-state index contributed by atoms with van der Waals surface area (Å²) in [5.41, 5.74) is 5.17. The van der Waals surface area contributed by atoms with Crippen LogP contribution >= 0.6 is 0 Å². The summed E-state index contributed by atoms with van der Waals surface area (Å²) >= 11 is 0. The van der Waals surface area contributed by atoms with Crippen molar-refractivity contribution in [2.24, 2.45) is 0 Å². The fourth-order valence-electron chi connectivity index (χ4n) is 2.03. The molecule has 0 amide bonds. The predicted molar refractivity (Wildman–Crippen MR) is 84.0 cm³/mol. The van der Waals surface area contributed by atoms with E-state index in [-0.39, 0.29) is 5.69 Å². The van der Waals surface area contributed by atoms with Gasteiger partial charge in [-0.1, -0.05) is 6.07 Å². The van der Waals surface area contributed by atoms with Crippen LogP contribution in [-0.2, 0) is 20.0 Å². The molecule has 0 aliphatic carbocycles. The molecule has 0 spiro atoms. The van der Waals surface area contributed by atoms with Gasteiger partial charge in [0.2, 0.25) is 9.84 Å². The van der Waals surface area contributed by atoms with E-state index in [1.54, 1.807) is 0 Å². The lowest BCUT2D eigenvalue weighted by molar-refractivity contribution is -0.385. The number of rotatable bonds is 4. The largest absolute Gasteiger partial charge is 0.398 e. The number of benzene rings is 2. The highest BCUT2D eigenvalue weighted by Gasteiger charge is 2.29. The van der Waals surface area contributed by atoms with E-state index in [0.717, 1.165) is 30.3 Å². The molecule has 0 atom stereocenters. The lowest BCUT2D eigenvalue weighted by Crippen LogP contribution is -2.12. The van der Waals surface area contributed by atoms with Crippen LogP contribution in [0.5, 0.6) is 0 Å². The summed E-state index contributed by atoms with van der Waals surface area (Å²) in [7, 11) is -9.37. The van der Waals surface area contributed by atoms with Gasteiger partial charge in [0.1, 0.15) is 9.79 Å². The van der Waals surface area contributed by atoms with Gasteiger partial charge in [-0.3, -0.25) is 14.7 Å². The van der Waals surface area contributed by atoms with Gasteiger partial charge in [-0.25, -0.2) is 8.42 Å². The Kier molecular flexibility index (Phi) is 4.35. The van der Waals surface area contributed by atoms with Gasteiger partial charge in [-0.15, -0.1) is 0 Å². The monoisotopic (exact) mass is 372 g/mol. The van der Waals surface area contributed by atoms with Crippen LogP contribution in [-0.4, -0.2) is 26.3 Å². The van der Waals surface area contributed by atoms with Crippen LogP contribution in [0.1, 0.15) is 5.56 Å². The number of nitrogens with zero attached hydrogens (tertiary/aromatic N) is 1. The fourth-order valence-corrected chi connectivity index (χ4v) is 4.79. The Morgan fingerprint density at radius 1 is 1.00 bits per heavy atom. The van der Waals surface area contributed by atoms with Crippen molar-refractivity contribution >= 4 is 31.3 Å². The molecule has 2 aromatic carbocycles. The van der Waals surface area contributed by atoms with Gasteiger partial charge in [0.15, 0.2) is 0 Å². The summed E-state index contributed by atoms with van der Waals surface area (Å²) in [4.78, 5) is 7.86. The molecular weight excluding hydrogens is 360 g/mol. The van der Waals surface area contributed by atoms with Crippen LogP contribution < -0.4 is 5.73 Å². The summed E-state index contributed by atoms with van der Waals surface area (Å²) in [5, 5.41) is 10.8. The standard InChI is InChI=1S/C13H12N2O7S2/c1-8-2-5-11(13(6-8)24(20,21)22)23(18,19)12-7-9(15(16)17)3-4-10(12)14/h2-7H,14H2,1H3,(H,20,21,22). The topological polar surface area (TPSA) is 158 Å². The minimum atomic E-state index is -4.84. The number of nitro groups is 1. The van der Waals surface area contributed by atoms with Crippen molar-refractivity contribution < 1.29 is 26.3 Å². The molecule has 24 heavy (non-hydrogen) atoms. The van der Waals surface area contributed by atoms with Crippen molar-refractivity contribution in [1.29, 1.82) is 0 Å². The second-order valence-corrected chi connectivity index (χ2v) is 8.18. The molecule has 2 aromatic rings. The third-order valence-corrected chi connectivity index (χ3v) is 6.05. The first-order valence-corrected chi connectivity index (χ1v) is 9.24. The number of hydrogen-bond acceptors (Lipinski definition) is 7. The Morgan fingerprint density at radius 3 is 2.17 bits per heavy atom. The predicted octanol–water partition coefficient (Wildman–Crippen LogP) is 1.56. The quantitative estimate of drug-likeness (QED) is 0.354. The molecule has 0 heterocycles. The highest BCUT2D eigenvalue weighted by Crippen LogP contribution is 2.33. The van der Waals surface area contributed by atoms with Crippen LogP contribution in [0.15, 0.2) is 51.1 Å². The van der Waals surface area contributed by atoms with E-state index in [1.165, 1.54) is 13.0 Å². The molecule has 9 nitrogen and oxygen atoms in total. The Hall–Kier alpha value is -2.50. The molecule has 0 aliphatic heterocycles. The molecule has 0 unspecified atom stereocenters. The number of anilines is 1. The minimum Gasteiger partial charge on any atom is -0.398 e. The van der Waals surface area contributed by atoms with Gasteiger partial charge in [-0.05, 0) is 30.7 Å². The molecule has 0 aliphatic rings. The van der Waals surface area contributed by atoms with Crippen molar-refractivity contribution in [3.8, 4) is 0 Å². The van der Waals surface area contributed by atoms with E-state index in [2.05, 4.69) is 0 Å². The van der Waals surface area contributed by atoms with Gasteiger partial charge in [-0.2, -0.15) is 8.42 Å². The third kappa shape index (κ3) is 3.22. The lowest BCUT2D eigenvalue weighted by Gasteiger charge is -2.11. The fraction of sp³-hybridized carbons (Fsp3) is 0.0769. The normalized spacial score (nSPS) is 12.1. The Balaban J connectivity index is 2.83. The molecule has 128 valence electrons. The second kappa shape index (κ2) is 5.85. The number of aryl methyl sites for hydroxylation is 1. The maximum atomic E-state index is 12.7. The molecule has 2 rings (SSSR count). The molecule has 0 radical (unpaired) electrons. The van der Waals surface area contributed by atoms with Crippen molar-refractivity contribution in [3.63, 3.8) is 0 Å². The molecule has 3 N–H and O–H groups in total. The highest BCUT2D eigenvalue weighted by molar-refractivity contribution is 7.93. The first-order valence-electron chi connectivity index (χ1n) is 6.32. The first-order chi connectivity index (χ1) is 10.9. The van der Waals surface area contributed by atoms with Crippen molar-refractivity contribution in [3.05, 3.63) is 52.1 Å². The van der Waals surface area contributed by atoms with Crippen molar-refractivity contribution in [1.82, 2.24) is 0 Å². The van der Waals surface area contributed by atoms with Crippen LogP contribution in [0.2, 0.25) is 0 Å². The van der Waals surface area contributed by atoms with E-state index in [9.17, 15) is 31.5 Å². The lowest BCUT2D eigenvalue weighted by atomic mass is 10.2. The number of nitrogen functional groups attached to an aromatic ring is 1. The van der Waals surface area contributed by atoms with E-state index in [0.29, 0.717) is 5.56 Å². The van der Waals surface area contributed by atoms with Crippen molar-refractivity contribution in [2.45, 2.75) is 21.6 Å². The number of non-ortho nitro benzene ring substituents is 1. The Morgan fingerprint density at radius 2 is 1.62 bits per heavy atom. The summed E-state index contributed by atoms with van der Waals surface area (Å²) < 4.78 is 57.7. The Labute approximate surface area is 137 Å². The zero-order valence-corrected chi connectivity index (χ0v) is 13.8. The van der Waals surface area contributed by atoms with Gasteiger partial charge >= 0.3 is 0 Å². The Bertz CT molecular complexity index is 1040. The molecule has 11 heteroatoms. The van der Waals surface area contributed by atoms with E-state index in [4.69, 9.17) is 5.73 Å². The summed E-state index contributed by atoms with van der Waals surface area (Å²) in [6, 6.07) is 6.09. The third-order valence-electron chi connectivity index (χ3n) is 3.16. The second-order valence-electron chi connectivity index (χ2n) is 4.91. The smallest absolute Gasteiger partial charge is 0.295 e. The highest BCUT2D eigenvalue weighted by atomic mass is 32.2. The van der Waals surface area contributed by atoms with Crippen LogP contribution in [0.3, 0.4) is 0 Å². The number of hydrogen-bond donors (Lipinski definition) is 2. The maximum absolute atomic E-state index is 12.7. The van der Waals surface area contributed by atoms with E-state index in [1.807, 2.05) is 0 Å². The zero-order valence-electron chi connectivity index (χ0n) is 12.2. The minimum absolute atomic E-state index is 0.289.